The van der Waals surface area contributed by atoms with Crippen molar-refractivity contribution in [3.63, 3.8) is 0 Å². The quantitative estimate of drug-likeness (QED) is 0.735. The van der Waals surface area contributed by atoms with Gasteiger partial charge >= 0.3 is 0 Å². The number of anilines is 1. The van der Waals surface area contributed by atoms with E-state index < -0.39 is 0 Å². The van der Waals surface area contributed by atoms with E-state index in [1.54, 1.807) is 11.3 Å². The maximum absolute atomic E-state index is 6.17. The zero-order valence-corrected chi connectivity index (χ0v) is 12.5. The molecule has 0 radical (unpaired) electrons. The molecule has 92 valence electrons. The molecule has 0 aliphatic carbocycles. The summed E-state index contributed by atoms with van der Waals surface area (Å²) < 4.78 is 3.03. The lowest BCUT2D eigenvalue weighted by atomic mass is 10.3. The highest BCUT2D eigenvalue weighted by atomic mass is 79.9. The summed E-state index contributed by atoms with van der Waals surface area (Å²) in [5.74, 6) is 0.693. The molecule has 0 saturated carbocycles. The van der Waals surface area contributed by atoms with Crippen molar-refractivity contribution in [3.05, 3.63) is 39.3 Å². The predicted octanol–water partition coefficient (Wildman–Crippen LogP) is 4.02. The van der Waals surface area contributed by atoms with Crippen LogP contribution in [0.1, 0.15) is 10.4 Å². The fraction of sp³-hybridized carbons (Fsp3) is 0.154. The third-order valence-corrected chi connectivity index (χ3v) is 5.05. The number of hydrogen-bond donors (Lipinski definition) is 1. The second-order valence-electron chi connectivity index (χ2n) is 4.29. The van der Waals surface area contributed by atoms with Crippen LogP contribution in [0.15, 0.2) is 28.9 Å². The minimum absolute atomic E-state index is 0.693. The first-order valence-corrected chi connectivity index (χ1v) is 7.17. The fourth-order valence-corrected chi connectivity index (χ4v) is 3.46. The minimum atomic E-state index is 0.693. The predicted molar refractivity (Wildman–Crippen MR) is 80.1 cm³/mol. The molecular weight excluding hydrogens is 310 g/mol. The van der Waals surface area contributed by atoms with Crippen LogP contribution in [0.25, 0.3) is 16.2 Å². The van der Waals surface area contributed by atoms with Gasteiger partial charge in [0.15, 0.2) is 0 Å². The van der Waals surface area contributed by atoms with Crippen LogP contribution in [0, 0.1) is 13.8 Å². The highest BCUT2D eigenvalue weighted by Crippen LogP contribution is 2.36. The first-order valence-electron chi connectivity index (χ1n) is 5.57. The van der Waals surface area contributed by atoms with Crippen LogP contribution in [-0.2, 0) is 0 Å². The highest BCUT2D eigenvalue weighted by molar-refractivity contribution is 9.10. The van der Waals surface area contributed by atoms with Crippen molar-refractivity contribution in [2.75, 3.05) is 5.73 Å². The van der Waals surface area contributed by atoms with E-state index >= 15 is 0 Å². The van der Waals surface area contributed by atoms with Crippen molar-refractivity contribution < 1.29 is 0 Å². The summed E-state index contributed by atoms with van der Waals surface area (Å²) in [4.78, 5) is 6.95. The van der Waals surface area contributed by atoms with Gasteiger partial charge in [-0.2, -0.15) is 0 Å². The summed E-state index contributed by atoms with van der Waals surface area (Å²) in [5.41, 5.74) is 9.11. The zero-order chi connectivity index (χ0) is 12.9. The maximum Gasteiger partial charge on any atom is 0.139 e. The number of rotatable bonds is 1. The van der Waals surface area contributed by atoms with Crippen molar-refractivity contribution in [2.24, 2.45) is 0 Å². The number of aromatic nitrogens is 2. The molecule has 0 fully saturated rings. The molecule has 3 heterocycles. The van der Waals surface area contributed by atoms with Gasteiger partial charge in [-0.1, -0.05) is 0 Å². The van der Waals surface area contributed by atoms with E-state index in [2.05, 4.69) is 40.8 Å². The van der Waals surface area contributed by atoms with Crippen molar-refractivity contribution in [2.45, 2.75) is 13.8 Å². The summed E-state index contributed by atoms with van der Waals surface area (Å²) in [7, 11) is 0. The van der Waals surface area contributed by atoms with Gasteiger partial charge in [-0.25, -0.2) is 4.98 Å². The molecule has 0 saturated heterocycles. The lowest BCUT2D eigenvalue weighted by Crippen LogP contribution is -1.93. The summed E-state index contributed by atoms with van der Waals surface area (Å²) in [6, 6.07) is 6.14. The second-order valence-corrected chi connectivity index (χ2v) is 6.40. The molecule has 3 aromatic heterocycles. The average molecular weight is 322 g/mol. The molecule has 0 unspecified atom stereocenters. The molecule has 5 heteroatoms. The number of nitrogen functional groups attached to an aromatic ring is 1. The van der Waals surface area contributed by atoms with Crippen LogP contribution in [0.4, 0.5) is 5.82 Å². The van der Waals surface area contributed by atoms with Crippen molar-refractivity contribution in [1.82, 2.24) is 9.38 Å². The lowest BCUT2D eigenvalue weighted by Gasteiger charge is -1.97. The Morgan fingerprint density at radius 3 is 2.78 bits per heavy atom. The van der Waals surface area contributed by atoms with Crippen molar-refractivity contribution in [1.29, 1.82) is 0 Å². The van der Waals surface area contributed by atoms with Crippen LogP contribution < -0.4 is 5.73 Å². The molecule has 0 bridgehead atoms. The van der Waals surface area contributed by atoms with E-state index in [0.717, 1.165) is 20.7 Å². The van der Waals surface area contributed by atoms with Gasteiger partial charge in [0, 0.05) is 15.5 Å². The Balaban J connectivity index is 2.26. The second kappa shape index (κ2) is 4.10. The lowest BCUT2D eigenvalue weighted by molar-refractivity contribution is 1.18. The standard InChI is InChI=1S/C13H12BrN3S/c1-7-3-4-17-11(5-7)16-12(13(17)15)10-6-9(14)8(2)18-10/h3-6H,15H2,1-2H3. The number of fused-ring (bicyclic) bond motifs is 1. The topological polar surface area (TPSA) is 43.3 Å². The van der Waals surface area contributed by atoms with E-state index in [1.165, 1.54) is 10.4 Å². The van der Waals surface area contributed by atoms with E-state index in [1.807, 2.05) is 22.7 Å². The van der Waals surface area contributed by atoms with Gasteiger partial charge in [0.25, 0.3) is 0 Å². The summed E-state index contributed by atoms with van der Waals surface area (Å²) in [5, 5.41) is 0. The third-order valence-electron chi connectivity index (χ3n) is 2.91. The largest absolute Gasteiger partial charge is 0.383 e. The van der Waals surface area contributed by atoms with E-state index in [0.29, 0.717) is 5.82 Å². The maximum atomic E-state index is 6.17. The minimum Gasteiger partial charge on any atom is -0.383 e. The fourth-order valence-electron chi connectivity index (χ4n) is 1.92. The molecule has 0 aliphatic heterocycles. The number of nitrogens with zero attached hydrogens (tertiary/aromatic N) is 2. The SMILES string of the molecule is Cc1ccn2c(N)c(-c3cc(Br)c(C)s3)nc2c1. The first-order chi connectivity index (χ1) is 8.56. The number of halogens is 1. The van der Waals surface area contributed by atoms with Crippen molar-refractivity contribution in [3.8, 4) is 10.6 Å². The normalized spacial score (nSPS) is 11.3. The molecule has 3 rings (SSSR count). The summed E-state index contributed by atoms with van der Waals surface area (Å²) >= 11 is 5.23. The van der Waals surface area contributed by atoms with Crippen LogP contribution in [0.5, 0.6) is 0 Å². The smallest absolute Gasteiger partial charge is 0.139 e. The molecule has 0 aliphatic rings. The Hall–Kier alpha value is -1.33. The van der Waals surface area contributed by atoms with E-state index in [-0.39, 0.29) is 0 Å². The Morgan fingerprint density at radius 1 is 1.33 bits per heavy atom. The van der Waals surface area contributed by atoms with Gasteiger partial charge in [-0.05, 0) is 53.5 Å². The molecule has 2 N–H and O–H groups in total. The number of aryl methyl sites for hydroxylation is 2. The average Bonchev–Trinajstić information content (AvgIpc) is 2.81. The number of nitrogens with two attached hydrogens (primary N) is 1. The number of thiophene rings is 1. The first kappa shape index (κ1) is 11.7. The molecule has 3 nitrogen and oxygen atoms in total. The molecule has 18 heavy (non-hydrogen) atoms. The van der Waals surface area contributed by atoms with Crippen LogP contribution in [-0.4, -0.2) is 9.38 Å². The monoisotopic (exact) mass is 321 g/mol. The number of pyridine rings is 1. The zero-order valence-electron chi connectivity index (χ0n) is 10.1. The molecular formula is C13H12BrN3S. The molecule has 0 amide bonds. The summed E-state index contributed by atoms with van der Waals surface area (Å²) in [6.45, 7) is 4.13. The van der Waals surface area contributed by atoms with Gasteiger partial charge in [-0.15, -0.1) is 11.3 Å². The Kier molecular flexibility index (Phi) is 2.68. The Bertz CT molecular complexity index is 723. The van der Waals surface area contributed by atoms with Gasteiger partial charge in [0.05, 0.1) is 4.88 Å². The van der Waals surface area contributed by atoms with Crippen LogP contribution in [0.3, 0.4) is 0 Å². The van der Waals surface area contributed by atoms with Gasteiger partial charge in [-0.3, -0.25) is 4.40 Å². The number of imidazole rings is 1. The van der Waals surface area contributed by atoms with Gasteiger partial charge in [0.1, 0.15) is 17.2 Å². The third kappa shape index (κ3) is 1.74. The Morgan fingerprint density at radius 2 is 2.11 bits per heavy atom. The molecule has 0 atom stereocenters. The van der Waals surface area contributed by atoms with Crippen LogP contribution in [0.2, 0.25) is 0 Å². The van der Waals surface area contributed by atoms with E-state index in [4.69, 9.17) is 5.73 Å². The van der Waals surface area contributed by atoms with Gasteiger partial charge in [0.2, 0.25) is 0 Å². The van der Waals surface area contributed by atoms with Gasteiger partial charge < -0.3 is 5.73 Å². The highest BCUT2D eigenvalue weighted by Gasteiger charge is 2.14. The Labute approximate surface area is 117 Å². The molecule has 3 aromatic rings. The molecule has 0 aromatic carbocycles. The molecule has 0 spiro atoms. The van der Waals surface area contributed by atoms with Crippen LogP contribution >= 0.6 is 27.3 Å². The van der Waals surface area contributed by atoms with Crippen molar-refractivity contribution >= 4 is 38.7 Å². The summed E-state index contributed by atoms with van der Waals surface area (Å²) in [6.07, 6.45) is 1.96. The number of hydrogen-bond acceptors (Lipinski definition) is 3. The van der Waals surface area contributed by atoms with E-state index in [9.17, 15) is 0 Å².